The van der Waals surface area contributed by atoms with Crippen LogP contribution in [0.1, 0.15) is 15.9 Å². The summed E-state index contributed by atoms with van der Waals surface area (Å²) in [5.41, 5.74) is 1.38. The molecule has 0 atom stereocenters. The summed E-state index contributed by atoms with van der Waals surface area (Å²) < 4.78 is 0. The molecule has 4 nitrogen and oxygen atoms in total. The van der Waals surface area contributed by atoms with Gasteiger partial charge in [-0.15, -0.1) is 0 Å². The van der Waals surface area contributed by atoms with Crippen LogP contribution in [0.5, 0.6) is 11.5 Å². The number of halogens is 1. The van der Waals surface area contributed by atoms with Gasteiger partial charge in [0.05, 0.1) is 6.54 Å². The Balaban J connectivity index is 2.00. The first-order valence-electron chi connectivity index (χ1n) is 6.44. The van der Waals surface area contributed by atoms with Crippen LogP contribution in [-0.4, -0.2) is 34.5 Å². The summed E-state index contributed by atoms with van der Waals surface area (Å²) >= 11 is 5.93. The van der Waals surface area contributed by atoms with Crippen LogP contribution in [0.4, 0.5) is 0 Å². The van der Waals surface area contributed by atoms with Crippen LogP contribution in [0.3, 0.4) is 0 Å². The van der Waals surface area contributed by atoms with E-state index in [0.29, 0.717) is 17.1 Å². The Morgan fingerprint density at radius 3 is 2.57 bits per heavy atom. The Morgan fingerprint density at radius 2 is 1.90 bits per heavy atom. The average Bonchev–Trinajstić information content (AvgIpc) is 2.41. The van der Waals surface area contributed by atoms with E-state index in [1.807, 2.05) is 30.1 Å². The van der Waals surface area contributed by atoms with Gasteiger partial charge in [0.25, 0.3) is 0 Å². The molecule has 2 rings (SSSR count). The number of phenolic OH excluding ortho intramolecular Hbond substituents is 2. The maximum atomic E-state index is 12.1. The number of likely N-dealkylation sites (N-methyl/N-ethyl adjacent to an activating group) is 1. The predicted octanol–water partition coefficient (Wildman–Crippen LogP) is 3.07. The highest BCUT2D eigenvalue weighted by Gasteiger charge is 2.12. The molecule has 0 aliphatic rings. The molecule has 0 bridgehead atoms. The highest BCUT2D eigenvalue weighted by Crippen LogP contribution is 2.25. The van der Waals surface area contributed by atoms with Crippen molar-refractivity contribution in [1.29, 1.82) is 0 Å². The lowest BCUT2D eigenvalue weighted by Crippen LogP contribution is -2.25. The number of phenols is 2. The van der Waals surface area contributed by atoms with Crippen LogP contribution in [-0.2, 0) is 6.54 Å². The molecule has 0 spiro atoms. The van der Waals surface area contributed by atoms with Crippen LogP contribution >= 0.6 is 11.6 Å². The van der Waals surface area contributed by atoms with Crippen LogP contribution in [0.2, 0.25) is 5.02 Å². The summed E-state index contributed by atoms with van der Waals surface area (Å²) in [5, 5.41) is 19.3. The molecule has 2 N–H and O–H groups in total. The molecule has 0 saturated heterocycles. The van der Waals surface area contributed by atoms with Gasteiger partial charge in [0.2, 0.25) is 0 Å². The highest BCUT2D eigenvalue weighted by molar-refractivity contribution is 6.30. The number of carbonyl (C=O) groups excluding carboxylic acids is 1. The Hall–Kier alpha value is -2.04. The summed E-state index contributed by atoms with van der Waals surface area (Å²) in [7, 11) is 1.83. The molecule has 0 aliphatic heterocycles. The maximum Gasteiger partial charge on any atom is 0.176 e. The molecular formula is C16H16ClNO3. The fourth-order valence-electron chi connectivity index (χ4n) is 2.04. The van der Waals surface area contributed by atoms with Crippen LogP contribution in [0.25, 0.3) is 0 Å². The van der Waals surface area contributed by atoms with Gasteiger partial charge >= 0.3 is 0 Å². The number of hydrogen-bond acceptors (Lipinski definition) is 4. The van der Waals surface area contributed by atoms with Gasteiger partial charge in [-0.2, -0.15) is 0 Å². The predicted molar refractivity (Wildman–Crippen MR) is 81.9 cm³/mol. The fraction of sp³-hybridized carbons (Fsp3) is 0.188. The molecule has 0 fully saturated rings. The van der Waals surface area contributed by atoms with Gasteiger partial charge in [0.15, 0.2) is 17.3 Å². The van der Waals surface area contributed by atoms with E-state index in [1.165, 1.54) is 18.2 Å². The standard InChI is InChI=1S/C16H16ClNO3/c1-18(9-11-3-2-4-13(17)7-11)10-16(21)12-5-6-14(19)15(20)8-12/h2-8,19-20H,9-10H2,1H3. The zero-order chi connectivity index (χ0) is 15.4. The number of rotatable bonds is 5. The summed E-state index contributed by atoms with van der Waals surface area (Å²) in [4.78, 5) is 14.0. The number of nitrogens with zero attached hydrogens (tertiary/aromatic N) is 1. The first-order chi connectivity index (χ1) is 9.95. The third kappa shape index (κ3) is 4.21. The quantitative estimate of drug-likeness (QED) is 0.658. The Morgan fingerprint density at radius 1 is 1.14 bits per heavy atom. The summed E-state index contributed by atoms with van der Waals surface area (Å²) in [6.07, 6.45) is 0. The average molecular weight is 306 g/mol. The number of carbonyl (C=O) groups is 1. The van der Waals surface area contributed by atoms with Gasteiger partial charge in [-0.1, -0.05) is 23.7 Å². The summed E-state index contributed by atoms with van der Waals surface area (Å²) in [6.45, 7) is 0.799. The lowest BCUT2D eigenvalue weighted by Gasteiger charge is -2.16. The second-order valence-electron chi connectivity index (χ2n) is 4.93. The lowest BCUT2D eigenvalue weighted by atomic mass is 10.1. The summed E-state index contributed by atoms with van der Waals surface area (Å²) in [6, 6.07) is 11.5. The molecule has 0 saturated carbocycles. The molecule has 0 unspecified atom stereocenters. The third-order valence-electron chi connectivity index (χ3n) is 3.05. The van der Waals surface area contributed by atoms with Crippen molar-refractivity contribution in [2.24, 2.45) is 0 Å². The van der Waals surface area contributed by atoms with E-state index in [1.54, 1.807) is 6.07 Å². The maximum absolute atomic E-state index is 12.1. The smallest absolute Gasteiger partial charge is 0.176 e. The van der Waals surface area contributed by atoms with Crippen molar-refractivity contribution in [1.82, 2.24) is 4.90 Å². The van der Waals surface area contributed by atoms with E-state index in [-0.39, 0.29) is 23.8 Å². The van der Waals surface area contributed by atoms with Crippen molar-refractivity contribution < 1.29 is 15.0 Å². The number of benzene rings is 2. The zero-order valence-electron chi connectivity index (χ0n) is 11.6. The van der Waals surface area contributed by atoms with E-state index in [9.17, 15) is 15.0 Å². The van der Waals surface area contributed by atoms with E-state index in [0.717, 1.165) is 5.56 Å². The Bertz CT molecular complexity index is 658. The largest absolute Gasteiger partial charge is 0.504 e. The van der Waals surface area contributed by atoms with Crippen molar-refractivity contribution in [3.05, 3.63) is 58.6 Å². The van der Waals surface area contributed by atoms with Crippen LogP contribution in [0, 0.1) is 0 Å². The topological polar surface area (TPSA) is 60.8 Å². The highest BCUT2D eigenvalue weighted by atomic mass is 35.5. The van der Waals surface area contributed by atoms with Crippen molar-refractivity contribution in [2.45, 2.75) is 6.54 Å². The molecule has 21 heavy (non-hydrogen) atoms. The van der Waals surface area contributed by atoms with Gasteiger partial charge in [-0.05, 0) is 42.9 Å². The van der Waals surface area contributed by atoms with Gasteiger partial charge in [0, 0.05) is 17.1 Å². The Kier molecular flexibility index (Phi) is 4.83. The van der Waals surface area contributed by atoms with Crippen molar-refractivity contribution in [3.63, 3.8) is 0 Å². The first-order valence-corrected chi connectivity index (χ1v) is 6.81. The van der Waals surface area contributed by atoms with Gasteiger partial charge in [0.1, 0.15) is 0 Å². The van der Waals surface area contributed by atoms with Crippen molar-refractivity contribution in [3.8, 4) is 11.5 Å². The minimum absolute atomic E-state index is 0.130. The number of aromatic hydroxyl groups is 2. The molecular weight excluding hydrogens is 290 g/mol. The fourth-order valence-corrected chi connectivity index (χ4v) is 2.25. The van der Waals surface area contributed by atoms with Crippen LogP contribution < -0.4 is 0 Å². The molecule has 0 amide bonds. The molecule has 2 aromatic rings. The molecule has 0 radical (unpaired) electrons. The first kappa shape index (κ1) is 15.4. The lowest BCUT2D eigenvalue weighted by molar-refractivity contribution is 0.0942. The molecule has 0 aliphatic carbocycles. The number of ketones is 1. The van der Waals surface area contributed by atoms with Gasteiger partial charge in [-0.3, -0.25) is 9.69 Å². The SMILES string of the molecule is CN(CC(=O)c1ccc(O)c(O)c1)Cc1cccc(Cl)c1. The van der Waals surface area contributed by atoms with E-state index >= 15 is 0 Å². The zero-order valence-corrected chi connectivity index (χ0v) is 12.3. The van der Waals surface area contributed by atoms with Crippen molar-refractivity contribution in [2.75, 3.05) is 13.6 Å². The van der Waals surface area contributed by atoms with E-state index < -0.39 is 0 Å². The van der Waals surface area contributed by atoms with Gasteiger partial charge in [-0.25, -0.2) is 0 Å². The third-order valence-corrected chi connectivity index (χ3v) is 3.29. The van der Waals surface area contributed by atoms with Crippen molar-refractivity contribution >= 4 is 17.4 Å². The van der Waals surface area contributed by atoms with E-state index in [2.05, 4.69) is 0 Å². The molecule has 110 valence electrons. The normalized spacial score (nSPS) is 10.8. The second-order valence-corrected chi connectivity index (χ2v) is 5.37. The molecule has 2 aromatic carbocycles. The minimum atomic E-state index is -0.293. The number of hydrogen-bond donors (Lipinski definition) is 2. The minimum Gasteiger partial charge on any atom is -0.504 e. The monoisotopic (exact) mass is 305 g/mol. The second kappa shape index (κ2) is 6.61. The Labute approximate surface area is 128 Å². The molecule has 0 heterocycles. The molecule has 5 heteroatoms. The van der Waals surface area contributed by atoms with E-state index in [4.69, 9.17) is 11.6 Å². The molecule has 0 aromatic heterocycles. The number of Topliss-reactive ketones (excluding diaryl/α,β-unsaturated/α-hetero) is 1. The van der Waals surface area contributed by atoms with Gasteiger partial charge < -0.3 is 10.2 Å². The summed E-state index contributed by atoms with van der Waals surface area (Å²) in [5.74, 6) is -0.660. The van der Waals surface area contributed by atoms with Crippen LogP contribution in [0.15, 0.2) is 42.5 Å².